The molecule has 0 unspecified atom stereocenters. The second-order valence-corrected chi connectivity index (χ2v) is 14.4. The average molecular weight is 612 g/mol. The van der Waals surface area contributed by atoms with Crippen molar-refractivity contribution >= 4 is 25.7 Å². The molecule has 0 amide bonds. The lowest BCUT2D eigenvalue weighted by molar-refractivity contribution is -0.0312. The number of hydrogen-bond donors (Lipinski definition) is 3. The van der Waals surface area contributed by atoms with E-state index in [1.54, 1.807) is 18.2 Å². The molecule has 0 aliphatic carbocycles. The van der Waals surface area contributed by atoms with Crippen molar-refractivity contribution in [2.75, 3.05) is 65.0 Å². The topological polar surface area (TPSA) is 160 Å². The van der Waals surface area contributed by atoms with E-state index in [1.807, 2.05) is 11.9 Å². The third-order valence-electron chi connectivity index (χ3n) is 7.83. The minimum Gasteiger partial charge on any atom is -0.491 e. The summed E-state index contributed by atoms with van der Waals surface area (Å²) >= 11 is 0. The minimum atomic E-state index is -3.71. The summed E-state index contributed by atoms with van der Waals surface area (Å²) in [5.41, 5.74) is 0.258. The van der Waals surface area contributed by atoms with Gasteiger partial charge in [0.15, 0.2) is 0 Å². The van der Waals surface area contributed by atoms with Crippen LogP contribution in [0.1, 0.15) is 19.3 Å². The highest BCUT2D eigenvalue weighted by molar-refractivity contribution is 7.89. The standard InChI is InChI=1S/C26H37N5O8S2/c1-27-40(33,34)22-5-3-4-21(12-22)38-18-20(32)15-28-19-14-26(39-17-19)6-8-31(9-7-26)41(35,36)23-13-24-25(29-16-23)37-11-10-30(24)2/h3-5,12-13,16,19-20,27-28,32H,6-11,14-15,17-18H2,1-2H3/t19-,20+/m1/s1. The van der Waals surface area contributed by atoms with Crippen LogP contribution in [0.25, 0.3) is 0 Å². The molecule has 1 aromatic heterocycles. The lowest BCUT2D eigenvalue weighted by Crippen LogP contribution is -2.47. The Kier molecular flexibility index (Phi) is 8.76. The number of piperidine rings is 1. The molecule has 3 aliphatic heterocycles. The first-order valence-corrected chi connectivity index (χ1v) is 16.5. The highest BCUT2D eigenvalue weighted by atomic mass is 32.2. The van der Waals surface area contributed by atoms with Gasteiger partial charge in [0.1, 0.15) is 35.7 Å². The quantitative estimate of drug-likeness (QED) is 0.336. The first kappa shape index (κ1) is 29.9. The molecule has 2 saturated heterocycles. The number of aromatic nitrogens is 1. The Labute approximate surface area is 240 Å². The van der Waals surface area contributed by atoms with Gasteiger partial charge in [-0.1, -0.05) is 6.07 Å². The van der Waals surface area contributed by atoms with Gasteiger partial charge in [-0.15, -0.1) is 0 Å². The van der Waals surface area contributed by atoms with Crippen molar-refractivity contribution in [1.29, 1.82) is 0 Å². The molecule has 0 bridgehead atoms. The van der Waals surface area contributed by atoms with Crippen LogP contribution in [0, 0.1) is 0 Å². The summed E-state index contributed by atoms with van der Waals surface area (Å²) in [6, 6.07) is 7.72. The fraction of sp³-hybridized carbons (Fsp3) is 0.577. The highest BCUT2D eigenvalue weighted by Gasteiger charge is 2.45. The van der Waals surface area contributed by atoms with E-state index in [0.717, 1.165) is 0 Å². The van der Waals surface area contributed by atoms with Gasteiger partial charge >= 0.3 is 0 Å². The van der Waals surface area contributed by atoms with E-state index < -0.39 is 31.8 Å². The summed E-state index contributed by atoms with van der Waals surface area (Å²) in [7, 11) is -4.08. The zero-order valence-corrected chi connectivity index (χ0v) is 24.8. The van der Waals surface area contributed by atoms with Gasteiger partial charge in [0.2, 0.25) is 25.9 Å². The van der Waals surface area contributed by atoms with Crippen LogP contribution in [0.2, 0.25) is 0 Å². The number of likely N-dealkylation sites (N-methyl/N-ethyl adjacent to an activating group) is 1. The SMILES string of the molecule is CNS(=O)(=O)c1cccc(OC[C@@H](O)CN[C@H]2COC3(CCN(S(=O)(=O)c4cnc5c(c4)N(C)CCO5)CC3)C2)c1. The Morgan fingerprint density at radius 2 is 1.95 bits per heavy atom. The molecule has 3 aliphatic rings. The summed E-state index contributed by atoms with van der Waals surface area (Å²) < 4.78 is 71.8. The number of aliphatic hydroxyl groups is 1. The first-order valence-electron chi connectivity index (χ1n) is 13.6. The van der Waals surface area contributed by atoms with E-state index in [-0.39, 0.29) is 29.0 Å². The Morgan fingerprint density at radius 3 is 2.71 bits per heavy atom. The number of hydrogen-bond acceptors (Lipinski definition) is 11. The Bertz CT molecular complexity index is 1450. The lowest BCUT2D eigenvalue weighted by atomic mass is 9.88. The number of fused-ring (bicyclic) bond motifs is 1. The number of sulfonamides is 2. The van der Waals surface area contributed by atoms with Crippen molar-refractivity contribution in [3.8, 4) is 11.6 Å². The van der Waals surface area contributed by atoms with Crippen molar-refractivity contribution in [1.82, 2.24) is 19.3 Å². The zero-order valence-electron chi connectivity index (χ0n) is 23.2. The van der Waals surface area contributed by atoms with E-state index in [2.05, 4.69) is 15.0 Å². The van der Waals surface area contributed by atoms with Crippen LogP contribution in [0.3, 0.4) is 0 Å². The number of benzene rings is 1. The fourth-order valence-corrected chi connectivity index (χ4v) is 7.53. The molecule has 2 fully saturated rings. The number of anilines is 1. The summed E-state index contributed by atoms with van der Waals surface area (Å²) in [5.74, 6) is 0.788. The van der Waals surface area contributed by atoms with Gasteiger partial charge in [0, 0.05) is 38.8 Å². The maximum absolute atomic E-state index is 13.4. The second kappa shape index (κ2) is 12.0. The number of rotatable bonds is 10. The molecule has 3 N–H and O–H groups in total. The maximum Gasteiger partial charge on any atom is 0.244 e. The molecule has 15 heteroatoms. The number of pyridine rings is 1. The van der Waals surface area contributed by atoms with Crippen LogP contribution in [0.5, 0.6) is 11.6 Å². The number of nitrogens with one attached hydrogen (secondary N) is 2. The molecular weight excluding hydrogens is 574 g/mol. The van der Waals surface area contributed by atoms with E-state index in [1.165, 1.54) is 29.7 Å². The summed E-state index contributed by atoms with van der Waals surface area (Å²) in [6.45, 7) is 2.58. The van der Waals surface area contributed by atoms with Crippen LogP contribution in [0.4, 0.5) is 5.69 Å². The Balaban J connectivity index is 1.09. The van der Waals surface area contributed by atoms with E-state index >= 15 is 0 Å². The van der Waals surface area contributed by atoms with Crippen molar-refractivity contribution in [3.05, 3.63) is 36.5 Å². The van der Waals surface area contributed by atoms with Crippen LogP contribution >= 0.6 is 0 Å². The predicted octanol–water partition coefficient (Wildman–Crippen LogP) is 0.160. The van der Waals surface area contributed by atoms with Crippen molar-refractivity contribution in [3.63, 3.8) is 0 Å². The third-order valence-corrected chi connectivity index (χ3v) is 11.1. The van der Waals surface area contributed by atoms with Gasteiger partial charge in [0.25, 0.3) is 0 Å². The fourth-order valence-electron chi connectivity index (χ4n) is 5.36. The second-order valence-electron chi connectivity index (χ2n) is 10.6. The Hall–Kier alpha value is -2.53. The molecule has 5 rings (SSSR count). The van der Waals surface area contributed by atoms with Crippen molar-refractivity contribution in [2.45, 2.75) is 46.8 Å². The molecule has 0 saturated carbocycles. The summed E-state index contributed by atoms with van der Waals surface area (Å²) in [6.07, 6.45) is 2.39. The zero-order chi connectivity index (χ0) is 29.3. The van der Waals surface area contributed by atoms with Gasteiger partial charge in [-0.3, -0.25) is 0 Å². The Morgan fingerprint density at radius 1 is 1.17 bits per heavy atom. The van der Waals surface area contributed by atoms with Gasteiger partial charge in [-0.05, 0) is 44.5 Å². The monoisotopic (exact) mass is 611 g/mol. The molecule has 13 nitrogen and oxygen atoms in total. The van der Waals surface area contributed by atoms with Gasteiger partial charge in [0.05, 0.1) is 29.8 Å². The molecule has 2 aromatic rings. The predicted molar refractivity (Wildman–Crippen MR) is 150 cm³/mol. The minimum absolute atomic E-state index is 0.0114. The molecule has 41 heavy (non-hydrogen) atoms. The third kappa shape index (κ3) is 6.61. The number of nitrogens with zero attached hydrogens (tertiary/aromatic N) is 3. The smallest absolute Gasteiger partial charge is 0.244 e. The van der Waals surface area contributed by atoms with E-state index in [9.17, 15) is 21.9 Å². The van der Waals surface area contributed by atoms with Gasteiger partial charge < -0.3 is 29.5 Å². The van der Waals surface area contributed by atoms with Crippen molar-refractivity contribution in [2.24, 2.45) is 0 Å². The normalized spacial score (nSPS) is 21.8. The summed E-state index contributed by atoms with van der Waals surface area (Å²) in [5, 5.41) is 13.7. The molecule has 226 valence electrons. The maximum atomic E-state index is 13.4. The van der Waals surface area contributed by atoms with Crippen LogP contribution in [-0.2, 0) is 24.8 Å². The number of ether oxygens (including phenoxy) is 3. The van der Waals surface area contributed by atoms with Crippen LogP contribution in [-0.4, -0.2) is 109 Å². The number of aliphatic hydroxyl groups excluding tert-OH is 1. The lowest BCUT2D eigenvalue weighted by Gasteiger charge is -2.38. The molecular formula is C26H37N5O8S2. The van der Waals surface area contributed by atoms with Crippen molar-refractivity contribution < 1.29 is 36.2 Å². The average Bonchev–Trinajstić information content (AvgIpc) is 3.37. The van der Waals surface area contributed by atoms with E-state index in [4.69, 9.17) is 14.2 Å². The molecule has 1 aromatic carbocycles. The summed E-state index contributed by atoms with van der Waals surface area (Å²) in [4.78, 5) is 6.41. The first-order chi connectivity index (χ1) is 19.5. The van der Waals surface area contributed by atoms with Crippen LogP contribution in [0.15, 0.2) is 46.3 Å². The van der Waals surface area contributed by atoms with Crippen LogP contribution < -0.4 is 24.4 Å². The van der Waals surface area contributed by atoms with Gasteiger partial charge in [-0.25, -0.2) is 26.5 Å². The molecule has 4 heterocycles. The molecule has 0 radical (unpaired) electrons. The highest BCUT2D eigenvalue weighted by Crippen LogP contribution is 2.38. The molecule has 1 spiro atoms. The largest absolute Gasteiger partial charge is 0.491 e. The van der Waals surface area contributed by atoms with E-state index in [0.29, 0.717) is 69.4 Å². The van der Waals surface area contributed by atoms with Gasteiger partial charge in [-0.2, -0.15) is 4.31 Å². The molecule has 2 atom stereocenters.